The van der Waals surface area contributed by atoms with Crippen LogP contribution in [0.15, 0.2) is 30.5 Å². The van der Waals surface area contributed by atoms with E-state index in [0.29, 0.717) is 12.5 Å². The second kappa shape index (κ2) is 7.42. The first-order valence-electron chi connectivity index (χ1n) is 8.27. The second-order valence-corrected chi connectivity index (χ2v) is 5.92. The lowest BCUT2D eigenvalue weighted by atomic mass is 9.85. The first-order valence-corrected chi connectivity index (χ1v) is 8.27. The summed E-state index contributed by atoms with van der Waals surface area (Å²) >= 11 is 0. The van der Waals surface area contributed by atoms with Gasteiger partial charge in [0.1, 0.15) is 11.6 Å². The van der Waals surface area contributed by atoms with Crippen molar-refractivity contribution >= 4 is 5.69 Å². The van der Waals surface area contributed by atoms with Gasteiger partial charge in [-0.3, -0.25) is 0 Å². The molecule has 3 N–H and O–H groups in total. The summed E-state index contributed by atoms with van der Waals surface area (Å²) in [5, 5.41) is 3.41. The van der Waals surface area contributed by atoms with Crippen molar-refractivity contribution in [1.29, 1.82) is 0 Å². The zero-order chi connectivity index (χ0) is 16.1. The maximum absolute atomic E-state index is 5.58. The lowest BCUT2D eigenvalue weighted by Gasteiger charge is -2.24. The number of nitrogens with zero attached hydrogens (tertiary/aromatic N) is 2. The molecule has 3 rings (SSSR count). The van der Waals surface area contributed by atoms with Gasteiger partial charge < -0.3 is 15.8 Å². The minimum Gasteiger partial charge on any atom is -0.497 e. The molecule has 1 aliphatic carbocycles. The number of nitrogens with two attached hydrogens (primary N) is 1. The van der Waals surface area contributed by atoms with E-state index in [4.69, 9.17) is 15.5 Å². The monoisotopic (exact) mass is 312 g/mol. The van der Waals surface area contributed by atoms with Gasteiger partial charge in [-0.05, 0) is 50.1 Å². The molecule has 0 bridgehead atoms. The van der Waals surface area contributed by atoms with E-state index >= 15 is 0 Å². The van der Waals surface area contributed by atoms with E-state index < -0.39 is 0 Å². The van der Waals surface area contributed by atoms with Crippen LogP contribution in [0.4, 0.5) is 5.69 Å². The molecule has 1 aliphatic rings. The van der Waals surface area contributed by atoms with Crippen molar-refractivity contribution in [3.63, 3.8) is 0 Å². The van der Waals surface area contributed by atoms with Crippen LogP contribution in [0.1, 0.15) is 37.4 Å². The maximum Gasteiger partial charge on any atom is 0.132 e. The van der Waals surface area contributed by atoms with Crippen LogP contribution in [-0.4, -0.2) is 30.2 Å². The molecule has 0 aliphatic heterocycles. The molecule has 1 fully saturated rings. The zero-order valence-electron chi connectivity index (χ0n) is 13.6. The SMILES string of the molecule is COc1ccc(-c2nc(C3CCC3)ncc2NCCCN)cc1. The normalized spacial score (nSPS) is 14.3. The number of hydrogen-bond donors (Lipinski definition) is 2. The molecule has 0 unspecified atom stereocenters. The summed E-state index contributed by atoms with van der Waals surface area (Å²) in [4.78, 5) is 9.42. The molecule has 0 radical (unpaired) electrons. The molecule has 5 heteroatoms. The van der Waals surface area contributed by atoms with E-state index in [9.17, 15) is 0 Å². The molecule has 23 heavy (non-hydrogen) atoms. The van der Waals surface area contributed by atoms with Crippen molar-refractivity contribution in [3.05, 3.63) is 36.3 Å². The molecule has 0 saturated heterocycles. The van der Waals surface area contributed by atoms with E-state index in [0.717, 1.165) is 41.5 Å². The second-order valence-electron chi connectivity index (χ2n) is 5.92. The van der Waals surface area contributed by atoms with Crippen molar-refractivity contribution in [2.75, 3.05) is 25.5 Å². The highest BCUT2D eigenvalue weighted by Gasteiger charge is 2.23. The third-order valence-electron chi connectivity index (χ3n) is 4.34. The summed E-state index contributed by atoms with van der Waals surface area (Å²) in [6, 6.07) is 8.01. The van der Waals surface area contributed by atoms with Crippen LogP contribution < -0.4 is 15.8 Å². The van der Waals surface area contributed by atoms with Gasteiger partial charge in [0.15, 0.2) is 0 Å². The van der Waals surface area contributed by atoms with Crippen molar-refractivity contribution in [1.82, 2.24) is 9.97 Å². The molecule has 1 aromatic heterocycles. The molecular weight excluding hydrogens is 288 g/mol. The largest absolute Gasteiger partial charge is 0.497 e. The summed E-state index contributed by atoms with van der Waals surface area (Å²) in [5.74, 6) is 2.33. The number of methoxy groups -OCH3 is 1. The minimum atomic E-state index is 0.519. The minimum absolute atomic E-state index is 0.519. The lowest BCUT2D eigenvalue weighted by Crippen LogP contribution is -2.15. The van der Waals surface area contributed by atoms with Crippen LogP contribution >= 0.6 is 0 Å². The summed E-state index contributed by atoms with van der Waals surface area (Å²) in [6.07, 6.45) is 6.51. The molecule has 5 nitrogen and oxygen atoms in total. The van der Waals surface area contributed by atoms with Gasteiger partial charge in [-0.2, -0.15) is 0 Å². The lowest BCUT2D eigenvalue weighted by molar-refractivity contribution is 0.401. The molecule has 0 amide bonds. The number of benzene rings is 1. The Labute approximate surface area is 137 Å². The number of hydrogen-bond acceptors (Lipinski definition) is 5. The van der Waals surface area contributed by atoms with Crippen molar-refractivity contribution in [2.24, 2.45) is 5.73 Å². The Morgan fingerprint density at radius 2 is 2.04 bits per heavy atom. The summed E-state index contributed by atoms with van der Waals surface area (Å²) in [6.45, 7) is 1.50. The van der Waals surface area contributed by atoms with Gasteiger partial charge in [0, 0.05) is 18.0 Å². The van der Waals surface area contributed by atoms with Crippen LogP contribution in [0.3, 0.4) is 0 Å². The first-order chi connectivity index (χ1) is 11.3. The van der Waals surface area contributed by atoms with Crippen LogP contribution in [-0.2, 0) is 0 Å². The van der Waals surface area contributed by atoms with Crippen LogP contribution in [0, 0.1) is 0 Å². The van der Waals surface area contributed by atoms with Gasteiger partial charge in [0.25, 0.3) is 0 Å². The van der Waals surface area contributed by atoms with Crippen LogP contribution in [0.5, 0.6) is 5.75 Å². The predicted octanol–water partition coefficient (Wildman–Crippen LogP) is 3.18. The van der Waals surface area contributed by atoms with E-state index in [1.54, 1.807) is 7.11 Å². The Bertz CT molecular complexity index is 638. The van der Waals surface area contributed by atoms with Gasteiger partial charge in [-0.1, -0.05) is 6.42 Å². The van der Waals surface area contributed by atoms with Crippen molar-refractivity contribution < 1.29 is 4.74 Å². The third kappa shape index (κ3) is 3.62. The highest BCUT2D eigenvalue weighted by atomic mass is 16.5. The summed E-state index contributed by atoms with van der Waals surface area (Å²) in [7, 11) is 1.67. The Kier molecular flexibility index (Phi) is 5.08. The van der Waals surface area contributed by atoms with Gasteiger partial charge >= 0.3 is 0 Å². The number of rotatable bonds is 7. The predicted molar refractivity (Wildman–Crippen MR) is 92.8 cm³/mol. The highest BCUT2D eigenvalue weighted by Crippen LogP contribution is 2.36. The first kappa shape index (κ1) is 15.7. The Morgan fingerprint density at radius 1 is 1.26 bits per heavy atom. The van der Waals surface area contributed by atoms with Gasteiger partial charge in [-0.15, -0.1) is 0 Å². The molecule has 122 valence electrons. The van der Waals surface area contributed by atoms with E-state index in [-0.39, 0.29) is 0 Å². The standard InChI is InChI=1S/C18H24N4O/c1-23-15-8-6-13(7-9-15)17-16(20-11-3-10-19)12-21-18(22-17)14-4-2-5-14/h6-9,12,14,20H,2-5,10-11,19H2,1H3. The average Bonchev–Trinajstić information content (AvgIpc) is 2.55. The Hall–Kier alpha value is -2.14. The van der Waals surface area contributed by atoms with Gasteiger partial charge in [-0.25, -0.2) is 9.97 Å². The van der Waals surface area contributed by atoms with E-state index in [1.165, 1.54) is 19.3 Å². The Morgan fingerprint density at radius 3 is 2.65 bits per heavy atom. The highest BCUT2D eigenvalue weighted by molar-refractivity contribution is 5.74. The topological polar surface area (TPSA) is 73.1 Å². The van der Waals surface area contributed by atoms with Gasteiger partial charge in [0.05, 0.1) is 24.7 Å². The van der Waals surface area contributed by atoms with Crippen LogP contribution in [0.25, 0.3) is 11.3 Å². The summed E-state index contributed by atoms with van der Waals surface area (Å²) in [5.41, 5.74) is 8.58. The molecule has 1 heterocycles. The molecule has 0 spiro atoms. The van der Waals surface area contributed by atoms with Crippen LogP contribution in [0.2, 0.25) is 0 Å². The zero-order valence-corrected chi connectivity index (χ0v) is 13.6. The van der Waals surface area contributed by atoms with E-state index in [2.05, 4.69) is 10.3 Å². The Balaban J connectivity index is 1.91. The fourth-order valence-electron chi connectivity index (χ4n) is 2.68. The fraction of sp³-hybridized carbons (Fsp3) is 0.444. The molecule has 1 saturated carbocycles. The molecule has 0 atom stereocenters. The molecule has 1 aromatic carbocycles. The molecular formula is C18H24N4O. The fourth-order valence-corrected chi connectivity index (χ4v) is 2.68. The quantitative estimate of drug-likeness (QED) is 0.768. The van der Waals surface area contributed by atoms with Crippen molar-refractivity contribution in [2.45, 2.75) is 31.6 Å². The number of aromatic nitrogens is 2. The smallest absolute Gasteiger partial charge is 0.132 e. The van der Waals surface area contributed by atoms with Gasteiger partial charge in [0.2, 0.25) is 0 Å². The third-order valence-corrected chi connectivity index (χ3v) is 4.34. The van der Waals surface area contributed by atoms with E-state index in [1.807, 2.05) is 30.5 Å². The number of ether oxygens (including phenoxy) is 1. The maximum atomic E-state index is 5.58. The number of nitrogens with one attached hydrogen (secondary N) is 1. The molecule has 2 aromatic rings. The summed E-state index contributed by atoms with van der Waals surface area (Å²) < 4.78 is 5.24. The average molecular weight is 312 g/mol. The number of anilines is 1. The van der Waals surface area contributed by atoms with Crippen molar-refractivity contribution in [3.8, 4) is 17.0 Å².